The number of ether oxygens (including phenoxy) is 1. The number of methoxy groups -OCH3 is 1. The van der Waals surface area contributed by atoms with Crippen LogP contribution in [0, 0.1) is 11.8 Å². The molecule has 2 aliphatic heterocycles. The number of hydrogen-bond donors (Lipinski definition) is 1. The van der Waals surface area contributed by atoms with Crippen LogP contribution in [-0.2, 0) is 5.41 Å². The second-order valence-corrected chi connectivity index (χ2v) is 7.14. The van der Waals surface area contributed by atoms with Crippen LogP contribution < -0.4 is 10.5 Å². The van der Waals surface area contributed by atoms with Gasteiger partial charge >= 0.3 is 0 Å². The highest BCUT2D eigenvalue weighted by Crippen LogP contribution is 2.52. The monoisotopic (exact) mass is 323 g/mol. The van der Waals surface area contributed by atoms with Crippen LogP contribution in [0.4, 0.5) is 5.69 Å². The Bertz CT molecular complexity index is 731. The first-order valence-electron chi connectivity index (χ1n) is 9.01. The number of likely N-dealkylation sites (tertiary alicyclic amines) is 1. The number of rotatable bonds is 2. The standard InChI is InChI=1S/C20H25N3O/c1-24-18-14-16-17(22-19(21)20(16)8-6-9-20)13-15(18)7-5-12-23-10-3-2-4-11-23/h13-14H,2-4,6,8-12H2,1H3,(H2,21,22). The first-order chi connectivity index (χ1) is 11.7. The molecule has 2 N–H and O–H groups in total. The Labute approximate surface area is 144 Å². The van der Waals surface area contributed by atoms with Crippen molar-refractivity contribution in [2.45, 2.75) is 43.9 Å². The molecule has 4 nitrogen and oxygen atoms in total. The molecular weight excluding hydrogens is 298 g/mol. The molecule has 1 aromatic carbocycles. The molecule has 1 saturated heterocycles. The third-order valence-corrected chi connectivity index (χ3v) is 5.75. The van der Waals surface area contributed by atoms with E-state index in [2.05, 4.69) is 33.9 Å². The molecule has 1 aromatic rings. The summed E-state index contributed by atoms with van der Waals surface area (Å²) < 4.78 is 5.60. The zero-order valence-electron chi connectivity index (χ0n) is 14.4. The number of fused-ring (bicyclic) bond motifs is 2. The van der Waals surface area contributed by atoms with Gasteiger partial charge in [0.2, 0.25) is 0 Å². The summed E-state index contributed by atoms with van der Waals surface area (Å²) in [5.74, 6) is 8.22. The first kappa shape index (κ1) is 15.5. The zero-order valence-corrected chi connectivity index (χ0v) is 14.4. The maximum Gasteiger partial charge on any atom is 0.134 e. The molecule has 2 fully saturated rings. The molecule has 126 valence electrons. The number of hydrogen-bond acceptors (Lipinski definition) is 4. The van der Waals surface area contributed by atoms with Crippen molar-refractivity contribution in [2.75, 3.05) is 26.7 Å². The minimum Gasteiger partial charge on any atom is -0.495 e. The normalized spacial score (nSPS) is 21.5. The van der Waals surface area contributed by atoms with Crippen LogP contribution in [0.2, 0.25) is 0 Å². The smallest absolute Gasteiger partial charge is 0.134 e. The molecule has 4 heteroatoms. The summed E-state index contributed by atoms with van der Waals surface area (Å²) in [6.07, 6.45) is 7.34. The lowest BCUT2D eigenvalue weighted by atomic mass is 9.64. The minimum atomic E-state index is -0.0254. The van der Waals surface area contributed by atoms with Crippen molar-refractivity contribution in [1.82, 2.24) is 4.90 Å². The fraction of sp³-hybridized carbons (Fsp3) is 0.550. The average Bonchev–Trinajstić information content (AvgIpc) is 2.86. The Morgan fingerprint density at radius 1 is 1.21 bits per heavy atom. The predicted octanol–water partition coefficient (Wildman–Crippen LogP) is 2.96. The highest BCUT2D eigenvalue weighted by Gasteiger charge is 2.47. The van der Waals surface area contributed by atoms with Crippen molar-refractivity contribution in [3.63, 3.8) is 0 Å². The first-order valence-corrected chi connectivity index (χ1v) is 9.01. The van der Waals surface area contributed by atoms with Crippen LogP contribution >= 0.6 is 0 Å². The molecule has 0 aromatic heterocycles. The van der Waals surface area contributed by atoms with Gasteiger partial charge in [0.05, 0.1) is 30.3 Å². The third-order valence-electron chi connectivity index (χ3n) is 5.75. The van der Waals surface area contributed by atoms with E-state index in [9.17, 15) is 0 Å². The molecule has 0 atom stereocenters. The van der Waals surface area contributed by atoms with Crippen molar-refractivity contribution in [2.24, 2.45) is 10.7 Å². The van der Waals surface area contributed by atoms with E-state index in [4.69, 9.17) is 10.5 Å². The maximum absolute atomic E-state index is 6.23. The Balaban J connectivity index is 1.59. The number of nitrogens with zero attached hydrogens (tertiary/aromatic N) is 2. The number of amidine groups is 1. The molecule has 4 rings (SSSR count). The number of piperidine rings is 1. The molecular formula is C20H25N3O. The van der Waals surface area contributed by atoms with Crippen LogP contribution in [0.3, 0.4) is 0 Å². The third kappa shape index (κ3) is 2.48. The Kier molecular flexibility index (Phi) is 3.97. The van der Waals surface area contributed by atoms with Crippen molar-refractivity contribution < 1.29 is 4.74 Å². The number of aliphatic imine (C=N–C) groups is 1. The SMILES string of the molecule is COc1cc2c(cc1C#CCN1CCCCC1)N=C(N)C21CCC1. The molecule has 2 heterocycles. The van der Waals surface area contributed by atoms with Crippen LogP contribution in [0.15, 0.2) is 17.1 Å². The molecule has 1 spiro atoms. The lowest BCUT2D eigenvalue weighted by molar-refractivity contribution is 0.255. The van der Waals surface area contributed by atoms with E-state index in [-0.39, 0.29) is 5.41 Å². The van der Waals surface area contributed by atoms with Gasteiger partial charge in [0.25, 0.3) is 0 Å². The summed E-state index contributed by atoms with van der Waals surface area (Å²) in [6.45, 7) is 3.16. The van der Waals surface area contributed by atoms with E-state index in [1.165, 1.54) is 44.3 Å². The summed E-state index contributed by atoms with van der Waals surface area (Å²) in [5, 5.41) is 0. The van der Waals surface area contributed by atoms with E-state index < -0.39 is 0 Å². The molecule has 24 heavy (non-hydrogen) atoms. The highest BCUT2D eigenvalue weighted by atomic mass is 16.5. The van der Waals surface area contributed by atoms with Crippen molar-refractivity contribution in [3.05, 3.63) is 23.3 Å². The highest BCUT2D eigenvalue weighted by molar-refractivity contribution is 6.00. The summed E-state index contributed by atoms with van der Waals surface area (Å²) >= 11 is 0. The van der Waals surface area contributed by atoms with Gasteiger partial charge in [0.1, 0.15) is 11.6 Å². The lowest BCUT2D eigenvalue weighted by Crippen LogP contribution is -2.44. The molecule has 0 radical (unpaired) electrons. The second kappa shape index (κ2) is 6.14. The molecule has 1 saturated carbocycles. The molecule has 0 amide bonds. The Morgan fingerprint density at radius 3 is 2.67 bits per heavy atom. The summed E-state index contributed by atoms with van der Waals surface area (Å²) in [6, 6.07) is 4.17. The van der Waals surface area contributed by atoms with Gasteiger partial charge in [-0.1, -0.05) is 24.7 Å². The lowest BCUT2D eigenvalue weighted by Gasteiger charge is -2.38. The second-order valence-electron chi connectivity index (χ2n) is 7.14. The van der Waals surface area contributed by atoms with Crippen LogP contribution in [-0.4, -0.2) is 37.5 Å². The summed E-state index contributed by atoms with van der Waals surface area (Å²) in [5.41, 5.74) is 9.33. The van der Waals surface area contributed by atoms with Crippen molar-refractivity contribution in [1.29, 1.82) is 0 Å². The van der Waals surface area contributed by atoms with Crippen molar-refractivity contribution in [3.8, 4) is 17.6 Å². The Morgan fingerprint density at radius 2 is 2.00 bits per heavy atom. The zero-order chi connectivity index (χ0) is 16.6. The topological polar surface area (TPSA) is 50.8 Å². The fourth-order valence-corrected chi connectivity index (χ4v) is 4.11. The minimum absolute atomic E-state index is 0.0254. The van der Waals surface area contributed by atoms with E-state index in [1.54, 1.807) is 7.11 Å². The molecule has 0 unspecified atom stereocenters. The van der Waals surface area contributed by atoms with Gasteiger partial charge in [-0.2, -0.15) is 0 Å². The number of benzene rings is 1. The van der Waals surface area contributed by atoms with Crippen molar-refractivity contribution >= 4 is 11.5 Å². The van der Waals surface area contributed by atoms with E-state index in [0.29, 0.717) is 0 Å². The number of nitrogens with two attached hydrogens (primary N) is 1. The largest absolute Gasteiger partial charge is 0.495 e. The quantitative estimate of drug-likeness (QED) is 0.851. The van der Waals surface area contributed by atoms with Crippen LogP contribution in [0.25, 0.3) is 0 Å². The van der Waals surface area contributed by atoms with Gasteiger partial charge in [-0.25, -0.2) is 4.99 Å². The Hall–Kier alpha value is -1.99. The van der Waals surface area contributed by atoms with E-state index in [1.807, 2.05) is 0 Å². The molecule has 1 aliphatic carbocycles. The maximum atomic E-state index is 6.23. The molecule has 3 aliphatic rings. The van der Waals surface area contributed by atoms with Gasteiger partial charge in [-0.05, 0) is 56.5 Å². The van der Waals surface area contributed by atoms with Gasteiger partial charge in [-0.15, -0.1) is 0 Å². The average molecular weight is 323 g/mol. The predicted molar refractivity (Wildman–Crippen MR) is 97.0 cm³/mol. The summed E-state index contributed by atoms with van der Waals surface area (Å²) in [4.78, 5) is 7.05. The van der Waals surface area contributed by atoms with Crippen LogP contribution in [0.1, 0.15) is 49.7 Å². The van der Waals surface area contributed by atoms with Gasteiger partial charge in [-0.3, -0.25) is 4.90 Å². The van der Waals surface area contributed by atoms with Gasteiger partial charge in [0.15, 0.2) is 0 Å². The van der Waals surface area contributed by atoms with Crippen LogP contribution in [0.5, 0.6) is 5.75 Å². The summed E-state index contributed by atoms with van der Waals surface area (Å²) in [7, 11) is 1.71. The van der Waals surface area contributed by atoms with Gasteiger partial charge in [0, 0.05) is 0 Å². The van der Waals surface area contributed by atoms with E-state index in [0.717, 1.165) is 42.2 Å². The molecule has 0 bridgehead atoms. The fourth-order valence-electron chi connectivity index (χ4n) is 4.11. The van der Waals surface area contributed by atoms with Gasteiger partial charge < -0.3 is 10.5 Å². The van der Waals surface area contributed by atoms with E-state index >= 15 is 0 Å².